The Labute approximate surface area is 116 Å². The third-order valence-electron chi connectivity index (χ3n) is 2.39. The third-order valence-corrected chi connectivity index (χ3v) is 2.92. The first-order valence-corrected chi connectivity index (χ1v) is 6.21. The van der Waals surface area contributed by atoms with Crippen LogP contribution in [0.4, 0.5) is 13.2 Å². The standard InChI is InChI=1S/C12H12BrF3O3/c1-2-19-10(17)11(18,7-12(14,15)16)8-3-5-9(13)6-4-8/h3-6,18H,2,7H2,1H3. The summed E-state index contributed by atoms with van der Waals surface area (Å²) in [6, 6.07) is 5.37. The van der Waals surface area contributed by atoms with E-state index in [0.717, 1.165) is 0 Å². The maximum atomic E-state index is 12.5. The van der Waals surface area contributed by atoms with Gasteiger partial charge in [-0.1, -0.05) is 28.1 Å². The van der Waals surface area contributed by atoms with Crippen LogP contribution in [-0.2, 0) is 15.1 Å². The highest BCUT2D eigenvalue weighted by atomic mass is 79.9. The molecule has 0 bridgehead atoms. The first kappa shape index (κ1) is 16.0. The van der Waals surface area contributed by atoms with E-state index in [1.54, 1.807) is 0 Å². The second-order valence-electron chi connectivity index (χ2n) is 3.88. The quantitative estimate of drug-likeness (QED) is 0.856. The third kappa shape index (κ3) is 4.21. The number of aliphatic hydroxyl groups is 1. The topological polar surface area (TPSA) is 46.5 Å². The van der Waals surface area contributed by atoms with Gasteiger partial charge in [-0.3, -0.25) is 0 Å². The van der Waals surface area contributed by atoms with E-state index in [9.17, 15) is 23.1 Å². The monoisotopic (exact) mass is 340 g/mol. The average molecular weight is 341 g/mol. The van der Waals surface area contributed by atoms with E-state index in [2.05, 4.69) is 20.7 Å². The van der Waals surface area contributed by atoms with Gasteiger partial charge in [0.1, 0.15) is 0 Å². The van der Waals surface area contributed by atoms with Gasteiger partial charge >= 0.3 is 12.1 Å². The lowest BCUT2D eigenvalue weighted by Gasteiger charge is -2.27. The van der Waals surface area contributed by atoms with E-state index in [1.807, 2.05) is 0 Å². The van der Waals surface area contributed by atoms with Gasteiger partial charge in [0.05, 0.1) is 13.0 Å². The Morgan fingerprint density at radius 3 is 2.26 bits per heavy atom. The zero-order valence-electron chi connectivity index (χ0n) is 10.00. The summed E-state index contributed by atoms with van der Waals surface area (Å²) in [6.45, 7) is 1.34. The molecule has 19 heavy (non-hydrogen) atoms. The van der Waals surface area contributed by atoms with Crippen LogP contribution in [0.25, 0.3) is 0 Å². The molecule has 0 spiro atoms. The second kappa shape index (κ2) is 5.92. The van der Waals surface area contributed by atoms with Crippen molar-refractivity contribution in [2.24, 2.45) is 0 Å². The molecular weight excluding hydrogens is 329 g/mol. The zero-order chi connectivity index (χ0) is 14.7. The summed E-state index contributed by atoms with van der Waals surface area (Å²) in [5.41, 5.74) is -2.89. The van der Waals surface area contributed by atoms with E-state index in [4.69, 9.17) is 0 Å². The molecule has 1 atom stereocenters. The van der Waals surface area contributed by atoms with E-state index in [0.29, 0.717) is 4.47 Å². The molecule has 0 saturated heterocycles. The van der Waals surface area contributed by atoms with Crippen molar-refractivity contribution in [2.45, 2.75) is 25.1 Å². The number of hydrogen-bond acceptors (Lipinski definition) is 3. The molecule has 0 aromatic heterocycles. The molecule has 0 amide bonds. The molecule has 0 saturated carbocycles. The fraction of sp³-hybridized carbons (Fsp3) is 0.417. The molecule has 0 fully saturated rings. The summed E-state index contributed by atoms with van der Waals surface area (Å²) in [5.74, 6) is -1.31. The fourth-order valence-corrected chi connectivity index (χ4v) is 1.82. The van der Waals surface area contributed by atoms with Crippen molar-refractivity contribution in [1.82, 2.24) is 0 Å². The summed E-state index contributed by atoms with van der Waals surface area (Å²) in [6.07, 6.45) is -6.39. The van der Waals surface area contributed by atoms with Crippen molar-refractivity contribution >= 4 is 21.9 Å². The Bertz CT molecular complexity index is 445. The van der Waals surface area contributed by atoms with Crippen LogP contribution < -0.4 is 0 Å². The van der Waals surface area contributed by atoms with E-state index in [1.165, 1.54) is 31.2 Å². The van der Waals surface area contributed by atoms with Gasteiger partial charge in [-0.25, -0.2) is 4.79 Å². The summed E-state index contributed by atoms with van der Waals surface area (Å²) in [4.78, 5) is 11.6. The minimum Gasteiger partial charge on any atom is -0.464 e. The molecule has 7 heteroatoms. The van der Waals surface area contributed by atoms with Gasteiger partial charge in [-0.15, -0.1) is 0 Å². The molecule has 0 heterocycles. The molecule has 1 N–H and O–H groups in total. The highest BCUT2D eigenvalue weighted by molar-refractivity contribution is 9.10. The largest absolute Gasteiger partial charge is 0.464 e. The fourth-order valence-electron chi connectivity index (χ4n) is 1.56. The molecule has 1 aromatic carbocycles. The highest BCUT2D eigenvalue weighted by Gasteiger charge is 2.48. The van der Waals surface area contributed by atoms with Crippen molar-refractivity contribution in [1.29, 1.82) is 0 Å². The molecule has 106 valence electrons. The van der Waals surface area contributed by atoms with Gasteiger partial charge in [-0.2, -0.15) is 13.2 Å². The predicted molar refractivity (Wildman–Crippen MR) is 65.3 cm³/mol. The molecule has 0 radical (unpaired) electrons. The van der Waals surface area contributed by atoms with Crippen molar-refractivity contribution in [3.63, 3.8) is 0 Å². The Hall–Kier alpha value is -1.08. The summed E-state index contributed by atoms with van der Waals surface area (Å²) < 4.78 is 42.8. The number of alkyl halides is 3. The van der Waals surface area contributed by atoms with Crippen LogP contribution in [0.3, 0.4) is 0 Å². The number of hydrogen-bond donors (Lipinski definition) is 1. The minimum atomic E-state index is -4.70. The van der Waals surface area contributed by atoms with E-state index >= 15 is 0 Å². The summed E-state index contributed by atoms with van der Waals surface area (Å²) in [7, 11) is 0. The van der Waals surface area contributed by atoms with Crippen LogP contribution in [0, 0.1) is 0 Å². The second-order valence-corrected chi connectivity index (χ2v) is 4.80. The van der Waals surface area contributed by atoms with Crippen LogP contribution in [0.1, 0.15) is 18.9 Å². The van der Waals surface area contributed by atoms with Crippen LogP contribution >= 0.6 is 15.9 Å². The predicted octanol–water partition coefficient (Wildman–Crippen LogP) is 3.15. The Morgan fingerprint density at radius 1 is 1.32 bits per heavy atom. The Balaban J connectivity index is 3.18. The maximum Gasteiger partial charge on any atom is 0.392 e. The minimum absolute atomic E-state index is 0.116. The molecule has 1 unspecified atom stereocenters. The molecule has 3 nitrogen and oxygen atoms in total. The molecule has 1 aromatic rings. The molecule has 1 rings (SSSR count). The lowest BCUT2D eigenvalue weighted by atomic mass is 9.90. The normalized spacial score (nSPS) is 14.8. The van der Waals surface area contributed by atoms with Crippen LogP contribution in [-0.4, -0.2) is 23.9 Å². The van der Waals surface area contributed by atoms with Crippen molar-refractivity contribution in [3.05, 3.63) is 34.3 Å². The van der Waals surface area contributed by atoms with Gasteiger partial charge in [0, 0.05) is 4.47 Å². The molecular formula is C12H12BrF3O3. The highest BCUT2D eigenvalue weighted by Crippen LogP contribution is 2.36. The van der Waals surface area contributed by atoms with Gasteiger partial charge < -0.3 is 9.84 Å². The summed E-state index contributed by atoms with van der Waals surface area (Å²) in [5, 5.41) is 10.1. The number of ether oxygens (including phenoxy) is 1. The van der Waals surface area contributed by atoms with Crippen molar-refractivity contribution in [3.8, 4) is 0 Å². The van der Waals surface area contributed by atoms with Crippen LogP contribution in [0.5, 0.6) is 0 Å². The van der Waals surface area contributed by atoms with Gasteiger partial charge in [0.2, 0.25) is 0 Å². The lowest BCUT2D eigenvalue weighted by molar-refractivity contribution is -0.200. The van der Waals surface area contributed by atoms with Gasteiger partial charge in [-0.05, 0) is 24.6 Å². The van der Waals surface area contributed by atoms with E-state index < -0.39 is 24.2 Å². The van der Waals surface area contributed by atoms with Crippen LogP contribution in [0.2, 0.25) is 0 Å². The van der Waals surface area contributed by atoms with Gasteiger partial charge in [0.15, 0.2) is 5.60 Å². The average Bonchev–Trinajstić information content (AvgIpc) is 2.27. The summed E-state index contributed by atoms with van der Waals surface area (Å²) >= 11 is 3.12. The number of carbonyl (C=O) groups excluding carboxylic acids is 1. The van der Waals surface area contributed by atoms with E-state index in [-0.39, 0.29) is 12.2 Å². The number of benzene rings is 1. The number of rotatable bonds is 4. The number of esters is 1. The van der Waals surface area contributed by atoms with Crippen molar-refractivity contribution < 1.29 is 27.8 Å². The molecule has 0 aliphatic carbocycles. The SMILES string of the molecule is CCOC(=O)C(O)(CC(F)(F)F)c1ccc(Br)cc1. The number of halogens is 4. The number of carbonyl (C=O) groups is 1. The van der Waals surface area contributed by atoms with Crippen molar-refractivity contribution in [2.75, 3.05) is 6.61 Å². The maximum absolute atomic E-state index is 12.5. The smallest absolute Gasteiger partial charge is 0.392 e. The Kier molecular flexibility index (Phi) is 4.98. The Morgan fingerprint density at radius 2 is 1.84 bits per heavy atom. The lowest BCUT2D eigenvalue weighted by Crippen LogP contribution is -2.41. The first-order valence-electron chi connectivity index (χ1n) is 5.41. The first-order chi connectivity index (χ1) is 8.69. The molecule has 0 aliphatic heterocycles. The molecule has 0 aliphatic rings. The van der Waals surface area contributed by atoms with Crippen LogP contribution in [0.15, 0.2) is 28.7 Å². The zero-order valence-corrected chi connectivity index (χ0v) is 11.6. The van der Waals surface area contributed by atoms with Gasteiger partial charge in [0.25, 0.3) is 0 Å².